The number of hydrogen-bond acceptors (Lipinski definition) is 4. The summed E-state index contributed by atoms with van der Waals surface area (Å²) in [5.41, 5.74) is 2.03. The van der Waals surface area contributed by atoms with Crippen LogP contribution >= 0.6 is 0 Å². The van der Waals surface area contributed by atoms with Gasteiger partial charge in [0.1, 0.15) is 11.8 Å². The lowest BCUT2D eigenvalue weighted by atomic mass is 9.91. The molecule has 0 bridgehead atoms. The van der Waals surface area contributed by atoms with Gasteiger partial charge in [-0.25, -0.2) is 0 Å². The van der Waals surface area contributed by atoms with E-state index in [-0.39, 0.29) is 24.5 Å². The SMILES string of the molecule is N#Cc1c[nH]c(C(=O)N[C@@H]2CN(Cc3ccccc3)CC[C@H]2CO)c1. The summed E-state index contributed by atoms with van der Waals surface area (Å²) >= 11 is 0. The van der Waals surface area contributed by atoms with Gasteiger partial charge in [0.05, 0.1) is 5.56 Å². The number of piperidine rings is 1. The van der Waals surface area contributed by atoms with Crippen LogP contribution in [-0.4, -0.2) is 46.6 Å². The third kappa shape index (κ3) is 4.27. The first-order chi connectivity index (χ1) is 12.2. The Morgan fingerprint density at radius 3 is 2.88 bits per heavy atom. The van der Waals surface area contributed by atoms with E-state index in [0.29, 0.717) is 17.8 Å². The maximum absolute atomic E-state index is 12.4. The van der Waals surface area contributed by atoms with Crippen LogP contribution in [0.2, 0.25) is 0 Å². The molecular formula is C19H22N4O2. The highest BCUT2D eigenvalue weighted by Gasteiger charge is 2.30. The zero-order chi connectivity index (χ0) is 17.6. The van der Waals surface area contributed by atoms with E-state index in [1.54, 1.807) is 0 Å². The highest BCUT2D eigenvalue weighted by Crippen LogP contribution is 2.20. The summed E-state index contributed by atoms with van der Waals surface area (Å²) in [7, 11) is 0. The molecule has 1 amide bonds. The van der Waals surface area contributed by atoms with Crippen molar-refractivity contribution in [3.8, 4) is 6.07 Å². The standard InChI is InChI=1S/C19H22N4O2/c20-9-15-8-17(21-10-15)19(25)22-18-12-23(7-6-16(18)13-24)11-14-4-2-1-3-5-14/h1-5,8,10,16,18,21,24H,6-7,11-13H2,(H,22,25)/t16-,18+/m0/s1. The van der Waals surface area contributed by atoms with Crippen molar-refractivity contribution in [3.05, 3.63) is 59.4 Å². The summed E-state index contributed by atoms with van der Waals surface area (Å²) < 4.78 is 0. The monoisotopic (exact) mass is 338 g/mol. The second-order valence-corrected chi connectivity index (χ2v) is 6.45. The number of nitriles is 1. The Bertz CT molecular complexity index is 750. The number of aliphatic hydroxyl groups excluding tert-OH is 1. The summed E-state index contributed by atoms with van der Waals surface area (Å²) in [4.78, 5) is 17.5. The predicted octanol–water partition coefficient (Wildman–Crippen LogP) is 1.50. The van der Waals surface area contributed by atoms with E-state index in [4.69, 9.17) is 5.26 Å². The number of hydrogen-bond donors (Lipinski definition) is 3. The van der Waals surface area contributed by atoms with Crippen LogP contribution in [0.4, 0.5) is 0 Å². The van der Waals surface area contributed by atoms with Crippen molar-refractivity contribution in [2.45, 2.75) is 19.0 Å². The number of benzene rings is 1. The molecule has 0 spiro atoms. The maximum atomic E-state index is 12.4. The number of rotatable bonds is 5. The first kappa shape index (κ1) is 17.2. The molecule has 6 nitrogen and oxygen atoms in total. The van der Waals surface area contributed by atoms with Gasteiger partial charge >= 0.3 is 0 Å². The molecule has 0 aliphatic carbocycles. The normalized spacial score (nSPS) is 20.8. The molecule has 1 saturated heterocycles. The van der Waals surface area contributed by atoms with E-state index in [9.17, 15) is 9.90 Å². The lowest BCUT2D eigenvalue weighted by Crippen LogP contribution is -2.53. The van der Waals surface area contributed by atoms with Crippen LogP contribution in [0.3, 0.4) is 0 Å². The van der Waals surface area contributed by atoms with E-state index < -0.39 is 0 Å². The number of aromatic amines is 1. The number of nitrogens with zero attached hydrogens (tertiary/aromatic N) is 2. The van der Waals surface area contributed by atoms with Crippen molar-refractivity contribution in [2.75, 3.05) is 19.7 Å². The summed E-state index contributed by atoms with van der Waals surface area (Å²) in [6.45, 7) is 2.47. The van der Waals surface area contributed by atoms with Gasteiger partial charge in [0, 0.05) is 37.9 Å². The largest absolute Gasteiger partial charge is 0.396 e. The quantitative estimate of drug-likeness (QED) is 0.770. The third-order valence-electron chi connectivity index (χ3n) is 4.70. The average molecular weight is 338 g/mol. The van der Waals surface area contributed by atoms with Gasteiger partial charge in [-0.05, 0) is 24.6 Å². The van der Waals surface area contributed by atoms with Crippen LogP contribution in [0.5, 0.6) is 0 Å². The van der Waals surface area contributed by atoms with Crippen molar-refractivity contribution in [1.29, 1.82) is 5.26 Å². The average Bonchev–Trinajstić information content (AvgIpc) is 3.12. The number of H-pyrrole nitrogens is 1. The fourth-order valence-electron chi connectivity index (χ4n) is 3.27. The molecule has 2 heterocycles. The second-order valence-electron chi connectivity index (χ2n) is 6.45. The maximum Gasteiger partial charge on any atom is 0.268 e. The van der Waals surface area contributed by atoms with Crippen LogP contribution in [0.15, 0.2) is 42.6 Å². The summed E-state index contributed by atoms with van der Waals surface area (Å²) in [5, 5.41) is 21.5. The van der Waals surface area contributed by atoms with Crippen molar-refractivity contribution in [2.24, 2.45) is 5.92 Å². The molecule has 0 unspecified atom stereocenters. The molecule has 1 aliphatic rings. The smallest absolute Gasteiger partial charge is 0.268 e. The van der Waals surface area contributed by atoms with Crippen LogP contribution in [0.25, 0.3) is 0 Å². The Kier molecular flexibility index (Phi) is 5.49. The molecule has 2 atom stereocenters. The molecule has 3 N–H and O–H groups in total. The van der Waals surface area contributed by atoms with Crippen LogP contribution in [0.1, 0.15) is 28.0 Å². The highest BCUT2D eigenvalue weighted by atomic mass is 16.3. The van der Waals surface area contributed by atoms with Gasteiger partial charge in [-0.1, -0.05) is 30.3 Å². The number of aromatic nitrogens is 1. The molecule has 1 aliphatic heterocycles. The van der Waals surface area contributed by atoms with Crippen LogP contribution in [-0.2, 0) is 6.54 Å². The number of aliphatic hydroxyl groups is 1. The molecular weight excluding hydrogens is 316 g/mol. The number of carbonyl (C=O) groups excluding carboxylic acids is 1. The lowest BCUT2D eigenvalue weighted by Gasteiger charge is -2.38. The molecule has 3 rings (SSSR count). The summed E-state index contributed by atoms with van der Waals surface area (Å²) in [6, 6.07) is 13.6. The fourth-order valence-corrected chi connectivity index (χ4v) is 3.27. The Morgan fingerprint density at radius 1 is 1.40 bits per heavy atom. The topological polar surface area (TPSA) is 92.1 Å². The number of nitrogens with one attached hydrogen (secondary N) is 2. The molecule has 1 fully saturated rings. The van der Waals surface area contributed by atoms with Gasteiger partial charge in [0.2, 0.25) is 0 Å². The van der Waals surface area contributed by atoms with Gasteiger partial charge in [0.25, 0.3) is 5.91 Å². The van der Waals surface area contributed by atoms with E-state index in [0.717, 1.165) is 19.5 Å². The number of carbonyl (C=O) groups is 1. The zero-order valence-electron chi connectivity index (χ0n) is 14.0. The zero-order valence-corrected chi connectivity index (χ0v) is 14.0. The third-order valence-corrected chi connectivity index (χ3v) is 4.70. The fraction of sp³-hybridized carbons (Fsp3) is 0.368. The second kappa shape index (κ2) is 7.97. The molecule has 0 saturated carbocycles. The first-order valence-corrected chi connectivity index (χ1v) is 8.46. The number of likely N-dealkylation sites (tertiary alicyclic amines) is 1. The molecule has 2 aromatic rings. The van der Waals surface area contributed by atoms with Crippen molar-refractivity contribution in [3.63, 3.8) is 0 Å². The van der Waals surface area contributed by atoms with Crippen molar-refractivity contribution >= 4 is 5.91 Å². The van der Waals surface area contributed by atoms with E-state index in [1.165, 1.54) is 17.8 Å². The van der Waals surface area contributed by atoms with E-state index >= 15 is 0 Å². The van der Waals surface area contributed by atoms with E-state index in [2.05, 4.69) is 27.3 Å². The Morgan fingerprint density at radius 2 is 2.20 bits per heavy atom. The number of amides is 1. The molecule has 1 aromatic heterocycles. The van der Waals surface area contributed by atoms with Gasteiger partial charge in [0.15, 0.2) is 0 Å². The van der Waals surface area contributed by atoms with Crippen molar-refractivity contribution in [1.82, 2.24) is 15.2 Å². The minimum absolute atomic E-state index is 0.0429. The van der Waals surface area contributed by atoms with E-state index in [1.807, 2.05) is 24.3 Å². The van der Waals surface area contributed by atoms with Gasteiger partial charge < -0.3 is 15.4 Å². The molecule has 0 radical (unpaired) electrons. The summed E-state index contributed by atoms with van der Waals surface area (Å²) in [6.07, 6.45) is 2.35. The minimum atomic E-state index is -0.244. The van der Waals surface area contributed by atoms with Crippen LogP contribution < -0.4 is 5.32 Å². The predicted molar refractivity (Wildman–Crippen MR) is 93.7 cm³/mol. The molecule has 6 heteroatoms. The lowest BCUT2D eigenvalue weighted by molar-refractivity contribution is 0.0727. The highest BCUT2D eigenvalue weighted by molar-refractivity contribution is 5.93. The first-order valence-electron chi connectivity index (χ1n) is 8.46. The summed E-state index contributed by atoms with van der Waals surface area (Å²) in [5.74, 6) is -0.201. The minimum Gasteiger partial charge on any atom is -0.396 e. The Labute approximate surface area is 147 Å². The van der Waals surface area contributed by atoms with Gasteiger partial charge in [-0.3, -0.25) is 9.69 Å². The Hall–Kier alpha value is -2.62. The molecule has 25 heavy (non-hydrogen) atoms. The van der Waals surface area contributed by atoms with Crippen LogP contribution in [0, 0.1) is 17.2 Å². The van der Waals surface area contributed by atoms with Gasteiger partial charge in [-0.2, -0.15) is 5.26 Å². The van der Waals surface area contributed by atoms with Crippen molar-refractivity contribution < 1.29 is 9.90 Å². The molecule has 1 aromatic carbocycles. The Balaban J connectivity index is 1.64. The molecule has 130 valence electrons. The van der Waals surface area contributed by atoms with Gasteiger partial charge in [-0.15, -0.1) is 0 Å².